The van der Waals surface area contributed by atoms with Gasteiger partial charge in [0.2, 0.25) is 0 Å². The van der Waals surface area contributed by atoms with Crippen LogP contribution in [0.15, 0.2) is 68.7 Å². The van der Waals surface area contributed by atoms with Crippen molar-refractivity contribution in [2.24, 2.45) is 0 Å². The second-order valence-electron chi connectivity index (χ2n) is 8.83. The fourth-order valence-corrected chi connectivity index (χ4v) is 3.77. The van der Waals surface area contributed by atoms with Crippen molar-refractivity contribution in [3.05, 3.63) is 65.0 Å². The predicted octanol–water partition coefficient (Wildman–Crippen LogP) is 4.02. The summed E-state index contributed by atoms with van der Waals surface area (Å²) in [4.78, 5) is 13.0. The van der Waals surface area contributed by atoms with Gasteiger partial charge in [-0.15, -0.1) is 0 Å². The third kappa shape index (κ3) is 7.90. The molecule has 0 amide bonds. The van der Waals surface area contributed by atoms with E-state index >= 15 is 0 Å². The Morgan fingerprint density at radius 1 is 0.921 bits per heavy atom. The van der Waals surface area contributed by atoms with E-state index in [9.17, 15) is 26.4 Å². The van der Waals surface area contributed by atoms with Crippen LogP contribution in [0.1, 0.15) is 6.92 Å². The van der Waals surface area contributed by atoms with Gasteiger partial charge in [-0.1, -0.05) is 12.1 Å². The van der Waals surface area contributed by atoms with Crippen LogP contribution in [0.5, 0.6) is 5.95 Å². The number of hydrogen-bond donors (Lipinski definition) is 0. The molecular weight excluding hydrogens is 551 g/mol. The quantitative estimate of drug-likeness (QED) is 0.244. The van der Waals surface area contributed by atoms with E-state index in [1.54, 1.807) is 18.2 Å². The van der Waals surface area contributed by atoms with Gasteiger partial charge in [-0.3, -0.25) is 4.48 Å². The zero-order valence-corrected chi connectivity index (χ0v) is 22.7. The van der Waals surface area contributed by atoms with Crippen LogP contribution in [0.4, 0.5) is 18.9 Å². The number of halogens is 3. The van der Waals surface area contributed by atoms with Gasteiger partial charge < -0.3 is 13.7 Å². The molecule has 0 saturated carbocycles. The van der Waals surface area contributed by atoms with Gasteiger partial charge in [-0.05, 0) is 54.4 Å². The summed E-state index contributed by atoms with van der Waals surface area (Å²) in [6.45, 7) is 2.18. The van der Waals surface area contributed by atoms with Gasteiger partial charge in [0.15, 0.2) is 20.0 Å². The van der Waals surface area contributed by atoms with E-state index < -0.39 is 31.1 Å². The van der Waals surface area contributed by atoms with Crippen molar-refractivity contribution in [2.75, 3.05) is 34.0 Å². The number of rotatable bonds is 6. The topological polar surface area (TPSA) is 131 Å². The summed E-state index contributed by atoms with van der Waals surface area (Å²) in [5.74, 6) is 0.143. The van der Waals surface area contributed by atoms with Gasteiger partial charge in [0.1, 0.15) is 5.69 Å². The van der Waals surface area contributed by atoms with E-state index in [1.807, 2.05) is 31.2 Å². The summed E-state index contributed by atoms with van der Waals surface area (Å²) in [5.41, 5.74) is -2.64. The van der Waals surface area contributed by atoms with Crippen LogP contribution in [0.2, 0.25) is 0 Å². The lowest BCUT2D eigenvalue weighted by molar-refractivity contribution is -0.0517. The molecule has 1 aromatic heterocycles. The number of sulfone groups is 1. The lowest BCUT2D eigenvalue weighted by Gasteiger charge is -2.23. The summed E-state index contributed by atoms with van der Waals surface area (Å²) >= 11 is 0. The van der Waals surface area contributed by atoms with E-state index in [0.717, 1.165) is 17.5 Å². The summed E-state index contributed by atoms with van der Waals surface area (Å²) in [5, 5.41) is 0. The maximum atomic E-state index is 12.8. The number of alkyl halides is 3. The number of quaternary nitrogens is 1. The molecule has 2 aromatic carbocycles. The Hall–Kier alpha value is -3.20. The van der Waals surface area contributed by atoms with Crippen LogP contribution in [-0.2, 0) is 20.0 Å². The molecule has 0 fully saturated rings. The van der Waals surface area contributed by atoms with Crippen molar-refractivity contribution in [1.29, 1.82) is 0 Å². The van der Waals surface area contributed by atoms with E-state index in [2.05, 4.69) is 21.1 Å². The standard InChI is InChI=1S/C23H26NO5S.CHF3O3S/c1-6-28-21-15-20(16-7-11-18(12-8-16)24(2,3)4)22(23(25)29-21)17-9-13-19(14-10-17)30(5,26)27;2-1(3,4)8(5,6)7/h7-15H,6H2,1-5H3;(H,5,6,7)/q+1;/p-1. The Labute approximate surface area is 218 Å². The van der Waals surface area contributed by atoms with Crippen molar-refractivity contribution in [2.45, 2.75) is 17.3 Å². The highest BCUT2D eigenvalue weighted by molar-refractivity contribution is 7.90. The molecule has 14 heteroatoms. The van der Waals surface area contributed by atoms with Crippen molar-refractivity contribution < 1.29 is 43.7 Å². The highest BCUT2D eigenvalue weighted by atomic mass is 32.2. The molecule has 38 heavy (non-hydrogen) atoms. The fourth-order valence-electron chi connectivity index (χ4n) is 3.14. The minimum atomic E-state index is -6.09. The SMILES string of the molecule is CCOc1cc(-c2ccc([N+](C)(C)C)cc2)c(-c2ccc(S(C)(=O)=O)cc2)c(=O)o1.O=S(=O)([O-])C(F)(F)F. The third-order valence-electron chi connectivity index (χ3n) is 5.02. The smallest absolute Gasteiger partial charge is 0.485 e. The fraction of sp³-hybridized carbons (Fsp3) is 0.292. The van der Waals surface area contributed by atoms with E-state index in [0.29, 0.717) is 27.8 Å². The first-order valence-electron chi connectivity index (χ1n) is 10.8. The molecule has 0 atom stereocenters. The van der Waals surface area contributed by atoms with Crippen LogP contribution >= 0.6 is 0 Å². The van der Waals surface area contributed by atoms with Gasteiger partial charge in [0, 0.05) is 17.9 Å². The molecule has 0 radical (unpaired) electrons. The van der Waals surface area contributed by atoms with Crippen molar-refractivity contribution in [3.8, 4) is 28.2 Å². The molecule has 9 nitrogen and oxygen atoms in total. The number of nitrogens with zero attached hydrogens (tertiary/aromatic N) is 1. The average molecular weight is 578 g/mol. The van der Waals surface area contributed by atoms with Crippen molar-refractivity contribution in [3.63, 3.8) is 0 Å². The van der Waals surface area contributed by atoms with E-state index in [-0.39, 0.29) is 10.8 Å². The monoisotopic (exact) mass is 577 g/mol. The first kappa shape index (κ1) is 31.0. The van der Waals surface area contributed by atoms with Crippen molar-refractivity contribution >= 4 is 25.6 Å². The first-order chi connectivity index (χ1) is 17.3. The molecule has 3 rings (SSSR count). The molecule has 0 unspecified atom stereocenters. The number of hydrogen-bond acceptors (Lipinski definition) is 8. The van der Waals surface area contributed by atoms with Crippen LogP contribution in [0, 0.1) is 0 Å². The molecule has 0 aliphatic carbocycles. The Morgan fingerprint density at radius 2 is 1.39 bits per heavy atom. The highest BCUT2D eigenvalue weighted by Crippen LogP contribution is 2.34. The molecule has 1 heterocycles. The highest BCUT2D eigenvalue weighted by Gasteiger charge is 2.36. The zero-order valence-electron chi connectivity index (χ0n) is 21.1. The van der Waals surface area contributed by atoms with Crippen molar-refractivity contribution in [1.82, 2.24) is 4.48 Å². The molecular formula is C24H26F3NO8S2. The summed E-state index contributed by atoms with van der Waals surface area (Å²) in [6.07, 6.45) is 1.15. The summed E-state index contributed by atoms with van der Waals surface area (Å²) in [7, 11) is -3.19. The molecule has 0 spiro atoms. The Balaban J connectivity index is 0.000000550. The Bertz CT molecular complexity index is 1540. The Kier molecular flexibility index (Phi) is 9.20. The molecule has 0 saturated heterocycles. The average Bonchev–Trinajstić information content (AvgIpc) is 2.77. The van der Waals surface area contributed by atoms with Gasteiger partial charge in [0.25, 0.3) is 5.95 Å². The summed E-state index contributed by atoms with van der Waals surface area (Å²) < 4.78 is 93.9. The first-order valence-corrected chi connectivity index (χ1v) is 14.1. The second kappa shape index (κ2) is 11.3. The molecule has 208 valence electrons. The maximum absolute atomic E-state index is 12.8. The second-order valence-corrected chi connectivity index (χ2v) is 12.2. The molecule has 0 N–H and O–H groups in total. The third-order valence-corrected chi connectivity index (χ3v) is 6.72. The molecule has 0 aliphatic heterocycles. The van der Waals surface area contributed by atoms with Gasteiger partial charge in [-0.25, -0.2) is 21.6 Å². The van der Waals surface area contributed by atoms with Crippen LogP contribution in [-0.4, -0.2) is 60.9 Å². The minimum absolute atomic E-state index is 0.143. The zero-order chi connectivity index (χ0) is 29.1. The predicted molar refractivity (Wildman–Crippen MR) is 135 cm³/mol. The number of ether oxygens (including phenoxy) is 1. The molecule has 3 aromatic rings. The number of benzene rings is 2. The maximum Gasteiger partial charge on any atom is 0.485 e. The van der Waals surface area contributed by atoms with E-state index in [1.165, 1.54) is 12.1 Å². The minimum Gasteiger partial charge on any atom is -0.741 e. The van der Waals surface area contributed by atoms with Gasteiger partial charge in [0.05, 0.1) is 38.2 Å². The van der Waals surface area contributed by atoms with Crippen LogP contribution in [0.3, 0.4) is 0 Å². The summed E-state index contributed by atoms with van der Waals surface area (Å²) in [6, 6.07) is 15.9. The molecule has 0 bridgehead atoms. The lowest BCUT2D eigenvalue weighted by Crippen LogP contribution is -2.34. The molecule has 0 aliphatic rings. The van der Waals surface area contributed by atoms with Crippen LogP contribution < -0.4 is 14.8 Å². The van der Waals surface area contributed by atoms with Crippen LogP contribution in [0.25, 0.3) is 22.3 Å². The van der Waals surface area contributed by atoms with E-state index in [4.69, 9.17) is 22.1 Å². The Morgan fingerprint density at radius 3 is 1.79 bits per heavy atom. The normalized spacial score (nSPS) is 12.4. The van der Waals surface area contributed by atoms with Gasteiger partial charge >= 0.3 is 11.1 Å². The largest absolute Gasteiger partial charge is 0.741 e. The van der Waals surface area contributed by atoms with Gasteiger partial charge in [-0.2, -0.15) is 13.2 Å². The lowest BCUT2D eigenvalue weighted by atomic mass is 9.96.